The van der Waals surface area contributed by atoms with Crippen LogP contribution in [0.5, 0.6) is 0 Å². The highest BCUT2D eigenvalue weighted by molar-refractivity contribution is 5.22. The lowest BCUT2D eigenvalue weighted by atomic mass is 9.95. The number of allylic oxidation sites excluding steroid dienone is 2. The second-order valence-corrected chi connectivity index (χ2v) is 2.62. The van der Waals surface area contributed by atoms with Crippen molar-refractivity contribution in [3.05, 3.63) is 24.0 Å². The molecule has 0 aromatic rings. The molecule has 0 amide bonds. The van der Waals surface area contributed by atoms with Crippen LogP contribution < -0.4 is 0 Å². The summed E-state index contributed by atoms with van der Waals surface area (Å²) in [5.74, 6) is 0.303. The van der Waals surface area contributed by atoms with Gasteiger partial charge in [0.05, 0.1) is 0 Å². The van der Waals surface area contributed by atoms with Crippen molar-refractivity contribution in [2.45, 2.75) is 18.9 Å². The third-order valence-electron chi connectivity index (χ3n) is 1.89. The second kappa shape index (κ2) is 2.46. The van der Waals surface area contributed by atoms with Crippen LogP contribution in [0.25, 0.3) is 0 Å². The first-order valence-corrected chi connectivity index (χ1v) is 3.30. The zero-order valence-corrected chi connectivity index (χ0v) is 6.29. The molecular weight excluding hydrogens is 128 g/mol. The van der Waals surface area contributed by atoms with Gasteiger partial charge in [-0.2, -0.15) is 0 Å². The van der Waals surface area contributed by atoms with E-state index in [0.717, 1.165) is 6.42 Å². The van der Waals surface area contributed by atoms with Gasteiger partial charge in [-0.3, -0.25) is 0 Å². The summed E-state index contributed by atoms with van der Waals surface area (Å²) in [6.07, 6.45) is 6.21. The van der Waals surface area contributed by atoms with Crippen LogP contribution in [0.2, 0.25) is 0 Å². The quantitative estimate of drug-likeness (QED) is 0.601. The van der Waals surface area contributed by atoms with Crippen molar-refractivity contribution in [3.8, 4) is 0 Å². The topological polar surface area (TPSA) is 29.5 Å². The van der Waals surface area contributed by atoms with Crippen LogP contribution in [-0.2, 0) is 4.74 Å². The molecular formula is C8H12O2. The normalized spacial score (nSPS) is 32.0. The zero-order chi connectivity index (χ0) is 7.61. The Balaban J connectivity index is 2.81. The van der Waals surface area contributed by atoms with Gasteiger partial charge in [0.2, 0.25) is 0 Å². The lowest BCUT2D eigenvalue weighted by Crippen LogP contribution is -2.30. The fraction of sp³-hybridized carbons (Fsp3) is 0.500. The molecule has 0 radical (unpaired) electrons. The van der Waals surface area contributed by atoms with Crippen molar-refractivity contribution in [2.24, 2.45) is 0 Å². The predicted octanol–water partition coefficient (Wildman–Crippen LogP) is 1.79. The third kappa shape index (κ3) is 1.07. The van der Waals surface area contributed by atoms with Crippen LogP contribution >= 0.6 is 0 Å². The summed E-state index contributed by atoms with van der Waals surface area (Å²) in [6, 6.07) is 0. The van der Waals surface area contributed by atoms with Gasteiger partial charge in [-0.25, -0.2) is 0 Å². The standard InChI is InChI=1S/C8H12O2/c1-8(10-2)6-4-3-5-7(8)9/h3-5,9H,6H2,1-2H3. The minimum absolute atomic E-state index is 0.303. The van der Waals surface area contributed by atoms with Crippen LogP contribution in [0.4, 0.5) is 0 Å². The highest BCUT2D eigenvalue weighted by Gasteiger charge is 2.28. The van der Waals surface area contributed by atoms with E-state index in [4.69, 9.17) is 4.74 Å². The molecule has 0 fully saturated rings. The van der Waals surface area contributed by atoms with Gasteiger partial charge in [0.25, 0.3) is 0 Å². The Hall–Kier alpha value is -0.760. The molecule has 1 N–H and O–H groups in total. The smallest absolute Gasteiger partial charge is 0.125 e. The third-order valence-corrected chi connectivity index (χ3v) is 1.89. The van der Waals surface area contributed by atoms with Gasteiger partial charge in [-0.15, -0.1) is 0 Å². The number of aliphatic hydroxyl groups is 1. The van der Waals surface area contributed by atoms with Crippen molar-refractivity contribution in [3.63, 3.8) is 0 Å². The minimum atomic E-state index is -0.491. The van der Waals surface area contributed by atoms with Crippen molar-refractivity contribution < 1.29 is 9.84 Å². The minimum Gasteiger partial charge on any atom is -0.509 e. The van der Waals surface area contributed by atoms with Gasteiger partial charge in [-0.1, -0.05) is 12.2 Å². The number of methoxy groups -OCH3 is 1. The molecule has 1 unspecified atom stereocenters. The van der Waals surface area contributed by atoms with E-state index in [1.165, 1.54) is 0 Å². The summed E-state index contributed by atoms with van der Waals surface area (Å²) in [5, 5.41) is 9.31. The van der Waals surface area contributed by atoms with E-state index in [-0.39, 0.29) is 0 Å². The lowest BCUT2D eigenvalue weighted by Gasteiger charge is -2.27. The molecule has 0 spiro atoms. The van der Waals surface area contributed by atoms with Crippen molar-refractivity contribution >= 4 is 0 Å². The maximum absolute atomic E-state index is 9.31. The number of ether oxygens (including phenoxy) is 1. The summed E-state index contributed by atoms with van der Waals surface area (Å²) in [6.45, 7) is 1.86. The second-order valence-electron chi connectivity index (χ2n) is 2.62. The highest BCUT2D eigenvalue weighted by atomic mass is 16.5. The van der Waals surface area contributed by atoms with E-state index in [0.29, 0.717) is 5.76 Å². The molecule has 0 saturated carbocycles. The highest BCUT2D eigenvalue weighted by Crippen LogP contribution is 2.25. The Morgan fingerprint density at radius 3 is 2.80 bits per heavy atom. The first-order chi connectivity index (χ1) is 4.69. The van der Waals surface area contributed by atoms with Gasteiger partial charge >= 0.3 is 0 Å². The van der Waals surface area contributed by atoms with E-state index in [9.17, 15) is 5.11 Å². The first-order valence-electron chi connectivity index (χ1n) is 3.30. The van der Waals surface area contributed by atoms with Gasteiger partial charge in [0.15, 0.2) is 0 Å². The SMILES string of the molecule is COC1(C)CC=CC=C1O. The molecule has 1 aliphatic carbocycles. The molecule has 0 saturated heterocycles. The average molecular weight is 140 g/mol. The Bertz CT molecular complexity index is 182. The fourth-order valence-corrected chi connectivity index (χ4v) is 0.921. The van der Waals surface area contributed by atoms with Gasteiger partial charge in [0, 0.05) is 13.5 Å². The monoisotopic (exact) mass is 140 g/mol. The maximum atomic E-state index is 9.31. The van der Waals surface area contributed by atoms with E-state index >= 15 is 0 Å². The number of hydrogen-bond acceptors (Lipinski definition) is 2. The molecule has 56 valence electrons. The van der Waals surface area contributed by atoms with Gasteiger partial charge in [0.1, 0.15) is 11.4 Å². The van der Waals surface area contributed by atoms with Crippen LogP contribution in [-0.4, -0.2) is 17.8 Å². The van der Waals surface area contributed by atoms with E-state index in [2.05, 4.69) is 0 Å². The lowest BCUT2D eigenvalue weighted by molar-refractivity contribution is 0.00582. The summed E-state index contributed by atoms with van der Waals surface area (Å²) in [4.78, 5) is 0. The molecule has 0 aromatic carbocycles. The Kier molecular flexibility index (Phi) is 1.81. The summed E-state index contributed by atoms with van der Waals surface area (Å²) in [7, 11) is 1.60. The van der Waals surface area contributed by atoms with E-state index < -0.39 is 5.60 Å². The number of aliphatic hydroxyl groups excluding tert-OH is 1. The molecule has 0 aromatic heterocycles. The fourth-order valence-electron chi connectivity index (χ4n) is 0.921. The molecule has 0 bridgehead atoms. The Morgan fingerprint density at radius 1 is 1.70 bits per heavy atom. The molecule has 10 heavy (non-hydrogen) atoms. The number of hydrogen-bond donors (Lipinski definition) is 1. The summed E-state index contributed by atoms with van der Waals surface area (Å²) < 4.78 is 5.12. The van der Waals surface area contributed by atoms with Gasteiger partial charge in [-0.05, 0) is 13.0 Å². The van der Waals surface area contributed by atoms with Crippen LogP contribution in [0.1, 0.15) is 13.3 Å². The van der Waals surface area contributed by atoms with Crippen LogP contribution in [0.15, 0.2) is 24.0 Å². The van der Waals surface area contributed by atoms with Crippen molar-refractivity contribution in [1.82, 2.24) is 0 Å². The zero-order valence-electron chi connectivity index (χ0n) is 6.29. The van der Waals surface area contributed by atoms with Crippen LogP contribution in [0.3, 0.4) is 0 Å². The van der Waals surface area contributed by atoms with Crippen LogP contribution in [0, 0.1) is 0 Å². The van der Waals surface area contributed by atoms with Gasteiger partial charge < -0.3 is 9.84 Å². The molecule has 1 rings (SSSR count). The molecule has 2 nitrogen and oxygen atoms in total. The largest absolute Gasteiger partial charge is 0.509 e. The van der Waals surface area contributed by atoms with E-state index in [1.54, 1.807) is 13.2 Å². The Labute approximate surface area is 60.8 Å². The molecule has 1 atom stereocenters. The maximum Gasteiger partial charge on any atom is 0.125 e. The predicted molar refractivity (Wildman–Crippen MR) is 39.9 cm³/mol. The molecule has 2 heteroatoms. The summed E-state index contributed by atoms with van der Waals surface area (Å²) >= 11 is 0. The average Bonchev–Trinajstić information content (AvgIpc) is 1.96. The molecule has 1 aliphatic rings. The summed E-state index contributed by atoms with van der Waals surface area (Å²) in [5.41, 5.74) is -0.491. The molecule has 0 aliphatic heterocycles. The van der Waals surface area contributed by atoms with E-state index in [1.807, 2.05) is 19.1 Å². The molecule has 0 heterocycles. The van der Waals surface area contributed by atoms with Crippen molar-refractivity contribution in [1.29, 1.82) is 0 Å². The first kappa shape index (κ1) is 7.35. The van der Waals surface area contributed by atoms with Crippen molar-refractivity contribution in [2.75, 3.05) is 7.11 Å². The number of rotatable bonds is 1. The Morgan fingerprint density at radius 2 is 2.40 bits per heavy atom.